The molecule has 27 heavy (non-hydrogen) atoms. The van der Waals surface area contributed by atoms with Gasteiger partial charge in [-0.1, -0.05) is 18.2 Å². The van der Waals surface area contributed by atoms with E-state index in [0.717, 1.165) is 24.5 Å². The molecule has 148 valence electrons. The number of hydrogen-bond donors (Lipinski definition) is 3. The Morgan fingerprint density at radius 3 is 2.44 bits per heavy atom. The minimum atomic E-state index is -0.855. The Balaban J connectivity index is 0.00000364. The summed E-state index contributed by atoms with van der Waals surface area (Å²) in [4.78, 5) is 4.53. The summed E-state index contributed by atoms with van der Waals surface area (Å²) in [5.41, 5.74) is 1.80. The molecule has 2 rings (SSSR count). The summed E-state index contributed by atoms with van der Waals surface area (Å²) in [5, 5.41) is 15.6. The monoisotopic (exact) mass is 489 g/mol. The SMILES string of the molecule is CCNC(=NCCCc1ccc(O)cc1)NC(C)c1ccc(F)c(F)c1.I. The molecule has 3 N–H and O–H groups in total. The topological polar surface area (TPSA) is 56.7 Å². The number of phenols is 1. The molecule has 7 heteroatoms. The highest BCUT2D eigenvalue weighted by molar-refractivity contribution is 14.0. The molecule has 0 radical (unpaired) electrons. The predicted molar refractivity (Wildman–Crippen MR) is 116 cm³/mol. The Morgan fingerprint density at radius 2 is 1.81 bits per heavy atom. The number of halogens is 3. The maximum absolute atomic E-state index is 13.4. The van der Waals surface area contributed by atoms with Crippen LogP contribution in [0, 0.1) is 11.6 Å². The second-order valence-corrected chi connectivity index (χ2v) is 6.07. The molecule has 0 saturated heterocycles. The van der Waals surface area contributed by atoms with E-state index in [-0.39, 0.29) is 35.8 Å². The summed E-state index contributed by atoms with van der Waals surface area (Å²) in [7, 11) is 0. The predicted octanol–water partition coefficient (Wildman–Crippen LogP) is 4.54. The molecule has 0 bridgehead atoms. The standard InChI is InChI=1S/C20H25F2N3O.HI/c1-3-23-20(24-12-4-5-15-6-9-17(26)10-7-15)25-14(2)16-8-11-18(21)19(22)13-16;/h6-11,13-14,26H,3-5,12H2,1-2H3,(H2,23,24,25);1H. The van der Waals surface area contributed by atoms with E-state index >= 15 is 0 Å². The fraction of sp³-hybridized carbons (Fsp3) is 0.350. The van der Waals surface area contributed by atoms with E-state index in [0.29, 0.717) is 24.6 Å². The van der Waals surface area contributed by atoms with Gasteiger partial charge in [0.2, 0.25) is 0 Å². The lowest BCUT2D eigenvalue weighted by Gasteiger charge is -2.18. The van der Waals surface area contributed by atoms with Crippen LogP contribution < -0.4 is 10.6 Å². The number of rotatable bonds is 7. The first kappa shape index (κ1) is 23.1. The molecule has 0 spiro atoms. The third kappa shape index (κ3) is 7.70. The zero-order valence-corrected chi connectivity index (χ0v) is 17.8. The van der Waals surface area contributed by atoms with Crippen molar-refractivity contribution in [2.24, 2.45) is 4.99 Å². The number of hydrogen-bond acceptors (Lipinski definition) is 2. The fourth-order valence-corrected chi connectivity index (χ4v) is 2.53. The summed E-state index contributed by atoms with van der Waals surface area (Å²) >= 11 is 0. The van der Waals surface area contributed by atoms with Gasteiger partial charge in [-0.15, -0.1) is 24.0 Å². The highest BCUT2D eigenvalue weighted by Crippen LogP contribution is 2.16. The molecule has 0 aliphatic carbocycles. The van der Waals surface area contributed by atoms with Crippen molar-refractivity contribution in [2.45, 2.75) is 32.7 Å². The summed E-state index contributed by atoms with van der Waals surface area (Å²) in [6.45, 7) is 5.17. The van der Waals surface area contributed by atoms with Crippen LogP contribution in [0.2, 0.25) is 0 Å². The second-order valence-electron chi connectivity index (χ2n) is 6.07. The van der Waals surface area contributed by atoms with Crippen LogP contribution in [-0.2, 0) is 6.42 Å². The van der Waals surface area contributed by atoms with E-state index in [1.165, 1.54) is 6.07 Å². The first-order chi connectivity index (χ1) is 12.5. The minimum absolute atomic E-state index is 0. The third-order valence-corrected chi connectivity index (χ3v) is 3.97. The number of phenolic OH excluding ortho intramolecular Hbond substituents is 1. The van der Waals surface area contributed by atoms with Gasteiger partial charge in [0.05, 0.1) is 6.04 Å². The Labute approximate surface area is 176 Å². The van der Waals surface area contributed by atoms with Gasteiger partial charge in [-0.25, -0.2) is 8.78 Å². The van der Waals surface area contributed by atoms with Crippen LogP contribution in [0.1, 0.15) is 37.4 Å². The number of guanidine groups is 1. The first-order valence-electron chi connectivity index (χ1n) is 8.77. The summed E-state index contributed by atoms with van der Waals surface area (Å²) in [5.74, 6) is -0.810. The molecule has 0 fully saturated rings. The Morgan fingerprint density at radius 1 is 1.11 bits per heavy atom. The normalized spacial score (nSPS) is 12.2. The van der Waals surface area contributed by atoms with Gasteiger partial charge in [-0.05, 0) is 62.1 Å². The molecule has 0 aliphatic rings. The van der Waals surface area contributed by atoms with Crippen LogP contribution in [0.15, 0.2) is 47.5 Å². The van der Waals surface area contributed by atoms with Crippen molar-refractivity contribution in [3.8, 4) is 5.75 Å². The molecular formula is C20H26F2IN3O. The van der Waals surface area contributed by atoms with Crippen LogP contribution in [0.5, 0.6) is 5.75 Å². The van der Waals surface area contributed by atoms with Crippen molar-refractivity contribution in [1.82, 2.24) is 10.6 Å². The van der Waals surface area contributed by atoms with Crippen molar-refractivity contribution in [2.75, 3.05) is 13.1 Å². The molecule has 0 saturated carbocycles. The van der Waals surface area contributed by atoms with Crippen molar-refractivity contribution in [3.05, 3.63) is 65.2 Å². The van der Waals surface area contributed by atoms with Gasteiger partial charge < -0.3 is 15.7 Å². The maximum atomic E-state index is 13.4. The van der Waals surface area contributed by atoms with Crippen LogP contribution in [-0.4, -0.2) is 24.2 Å². The molecule has 0 aromatic heterocycles. The van der Waals surface area contributed by atoms with E-state index in [2.05, 4.69) is 15.6 Å². The lowest BCUT2D eigenvalue weighted by atomic mass is 10.1. The Kier molecular flexibility index (Phi) is 10.1. The molecule has 2 aromatic carbocycles. The number of aliphatic imine (C=N–C) groups is 1. The van der Waals surface area contributed by atoms with Gasteiger partial charge in [-0.3, -0.25) is 4.99 Å². The highest BCUT2D eigenvalue weighted by Gasteiger charge is 2.10. The Bertz CT molecular complexity index is 739. The van der Waals surface area contributed by atoms with E-state index in [9.17, 15) is 13.9 Å². The van der Waals surface area contributed by atoms with E-state index in [4.69, 9.17) is 0 Å². The van der Waals surface area contributed by atoms with Gasteiger partial charge in [0, 0.05) is 13.1 Å². The average molecular weight is 489 g/mol. The van der Waals surface area contributed by atoms with Crippen LogP contribution in [0.25, 0.3) is 0 Å². The number of nitrogens with zero attached hydrogens (tertiary/aromatic N) is 1. The van der Waals surface area contributed by atoms with Gasteiger partial charge in [0.1, 0.15) is 5.75 Å². The van der Waals surface area contributed by atoms with Crippen molar-refractivity contribution >= 4 is 29.9 Å². The smallest absolute Gasteiger partial charge is 0.191 e. The molecule has 0 heterocycles. The Hall–Kier alpha value is -1.90. The zero-order valence-electron chi connectivity index (χ0n) is 15.5. The van der Waals surface area contributed by atoms with E-state index in [1.807, 2.05) is 26.0 Å². The van der Waals surface area contributed by atoms with Crippen molar-refractivity contribution in [1.29, 1.82) is 0 Å². The van der Waals surface area contributed by atoms with Crippen LogP contribution >= 0.6 is 24.0 Å². The minimum Gasteiger partial charge on any atom is -0.508 e. The lowest BCUT2D eigenvalue weighted by molar-refractivity contribution is 0.475. The maximum Gasteiger partial charge on any atom is 0.191 e. The van der Waals surface area contributed by atoms with Gasteiger partial charge >= 0.3 is 0 Å². The molecule has 1 unspecified atom stereocenters. The second kappa shape index (κ2) is 11.7. The van der Waals surface area contributed by atoms with E-state index in [1.54, 1.807) is 18.2 Å². The van der Waals surface area contributed by atoms with Crippen LogP contribution in [0.4, 0.5) is 8.78 Å². The molecule has 4 nitrogen and oxygen atoms in total. The fourth-order valence-electron chi connectivity index (χ4n) is 2.53. The summed E-state index contributed by atoms with van der Waals surface area (Å²) < 4.78 is 26.5. The van der Waals surface area contributed by atoms with Gasteiger partial charge in [-0.2, -0.15) is 0 Å². The zero-order chi connectivity index (χ0) is 18.9. The number of nitrogens with one attached hydrogen (secondary N) is 2. The summed E-state index contributed by atoms with van der Waals surface area (Å²) in [6.07, 6.45) is 1.73. The number of aromatic hydroxyl groups is 1. The highest BCUT2D eigenvalue weighted by atomic mass is 127. The van der Waals surface area contributed by atoms with Crippen LogP contribution in [0.3, 0.4) is 0 Å². The average Bonchev–Trinajstić information content (AvgIpc) is 2.62. The number of aryl methyl sites for hydroxylation is 1. The lowest BCUT2D eigenvalue weighted by Crippen LogP contribution is -2.38. The van der Waals surface area contributed by atoms with Crippen molar-refractivity contribution < 1.29 is 13.9 Å². The van der Waals surface area contributed by atoms with Crippen molar-refractivity contribution in [3.63, 3.8) is 0 Å². The molecule has 2 aromatic rings. The molecular weight excluding hydrogens is 463 g/mol. The molecule has 1 atom stereocenters. The number of benzene rings is 2. The molecule has 0 amide bonds. The quantitative estimate of drug-likeness (QED) is 0.232. The van der Waals surface area contributed by atoms with Gasteiger partial charge in [0.15, 0.2) is 17.6 Å². The molecule has 0 aliphatic heterocycles. The largest absolute Gasteiger partial charge is 0.508 e. The first-order valence-corrected chi connectivity index (χ1v) is 8.77. The van der Waals surface area contributed by atoms with E-state index < -0.39 is 11.6 Å². The summed E-state index contributed by atoms with van der Waals surface area (Å²) in [6, 6.07) is 10.8. The third-order valence-electron chi connectivity index (χ3n) is 3.97. The van der Waals surface area contributed by atoms with Gasteiger partial charge in [0.25, 0.3) is 0 Å².